The molecule has 3 aromatic rings. The third kappa shape index (κ3) is 2.94. The summed E-state index contributed by atoms with van der Waals surface area (Å²) in [6.07, 6.45) is 0. The number of H-pyrrole nitrogens is 1. The Bertz CT molecular complexity index is 986. The lowest BCUT2D eigenvalue weighted by Gasteiger charge is -2.28. The zero-order valence-corrected chi connectivity index (χ0v) is 13.3. The second-order valence-electron chi connectivity index (χ2n) is 6.09. The first-order chi connectivity index (χ1) is 12.1. The highest BCUT2D eigenvalue weighted by molar-refractivity contribution is 5.86. The molecule has 1 aromatic heterocycles. The third-order valence-corrected chi connectivity index (χ3v) is 4.46. The van der Waals surface area contributed by atoms with Crippen LogP contribution in [0.25, 0.3) is 10.8 Å². The molecule has 0 radical (unpaired) electrons. The number of benzene rings is 2. The van der Waals surface area contributed by atoms with Gasteiger partial charge in [0.25, 0.3) is 5.56 Å². The van der Waals surface area contributed by atoms with Crippen molar-refractivity contribution in [3.8, 4) is 0 Å². The van der Waals surface area contributed by atoms with E-state index in [0.29, 0.717) is 24.2 Å². The second kappa shape index (κ2) is 6.38. The lowest BCUT2D eigenvalue weighted by molar-refractivity contribution is 0.0792. The first-order valence-electron chi connectivity index (χ1n) is 8.02. The van der Waals surface area contributed by atoms with Gasteiger partial charge in [-0.15, -0.1) is 0 Å². The van der Waals surface area contributed by atoms with E-state index in [2.05, 4.69) is 10.3 Å². The molecule has 0 aliphatic carbocycles. The second-order valence-corrected chi connectivity index (χ2v) is 6.09. The number of aromatic nitrogens is 1. The number of pyridine rings is 1. The molecule has 1 aliphatic heterocycles. The van der Waals surface area contributed by atoms with E-state index in [1.165, 1.54) is 0 Å². The van der Waals surface area contributed by atoms with Crippen molar-refractivity contribution < 1.29 is 13.5 Å². The Morgan fingerprint density at radius 3 is 2.60 bits per heavy atom. The van der Waals surface area contributed by atoms with E-state index in [1.54, 1.807) is 0 Å². The van der Waals surface area contributed by atoms with Gasteiger partial charge in [-0.1, -0.05) is 30.3 Å². The number of nitrogens with one attached hydrogen (secondary N) is 2. The first kappa shape index (κ1) is 15.9. The van der Waals surface area contributed by atoms with Gasteiger partial charge in [0.15, 0.2) is 11.6 Å². The molecule has 128 valence electrons. The average Bonchev–Trinajstić information content (AvgIpc) is 2.62. The quantitative estimate of drug-likeness (QED) is 0.769. The van der Waals surface area contributed by atoms with E-state index in [-0.39, 0.29) is 18.0 Å². The fraction of sp³-hybridized carbons (Fsp3) is 0.211. The highest BCUT2D eigenvalue weighted by Gasteiger charge is 2.25. The molecule has 0 fully saturated rings. The van der Waals surface area contributed by atoms with Crippen molar-refractivity contribution >= 4 is 10.8 Å². The summed E-state index contributed by atoms with van der Waals surface area (Å²) >= 11 is 0. The molecular formula is C19H16F2N2O2. The highest BCUT2D eigenvalue weighted by Crippen LogP contribution is 2.30. The summed E-state index contributed by atoms with van der Waals surface area (Å²) in [5.74, 6) is -1.99. The Morgan fingerprint density at radius 1 is 1.12 bits per heavy atom. The Hall–Kier alpha value is -2.57. The minimum atomic E-state index is -1.03. The summed E-state index contributed by atoms with van der Waals surface area (Å²) in [6.45, 7) is 1.22. The van der Waals surface area contributed by atoms with Crippen molar-refractivity contribution in [2.45, 2.75) is 19.2 Å². The van der Waals surface area contributed by atoms with Crippen LogP contribution in [0, 0.1) is 11.6 Å². The minimum absolute atomic E-state index is 0.145. The topological polar surface area (TPSA) is 54.1 Å². The van der Waals surface area contributed by atoms with Crippen LogP contribution in [0.1, 0.15) is 22.9 Å². The van der Waals surface area contributed by atoms with Crippen LogP contribution in [-0.4, -0.2) is 11.6 Å². The van der Waals surface area contributed by atoms with E-state index in [1.807, 2.05) is 30.3 Å². The van der Waals surface area contributed by atoms with Crippen molar-refractivity contribution in [1.82, 2.24) is 10.3 Å². The van der Waals surface area contributed by atoms with E-state index in [4.69, 9.17) is 4.74 Å². The predicted octanol–water partition coefficient (Wildman–Crippen LogP) is 3.17. The molecule has 1 unspecified atom stereocenters. The maximum absolute atomic E-state index is 13.8. The number of fused-ring (bicyclic) bond motifs is 3. The van der Waals surface area contributed by atoms with Crippen molar-refractivity contribution in [2.24, 2.45) is 0 Å². The van der Waals surface area contributed by atoms with Crippen LogP contribution in [0.5, 0.6) is 0 Å². The van der Waals surface area contributed by atoms with Gasteiger partial charge in [0.05, 0.1) is 24.6 Å². The number of aromatic amines is 1. The lowest BCUT2D eigenvalue weighted by Crippen LogP contribution is -2.32. The van der Waals surface area contributed by atoms with Crippen LogP contribution in [0.3, 0.4) is 0 Å². The Balaban J connectivity index is 1.78. The summed E-state index contributed by atoms with van der Waals surface area (Å²) < 4.78 is 32.9. The van der Waals surface area contributed by atoms with Crippen LogP contribution >= 0.6 is 0 Å². The van der Waals surface area contributed by atoms with E-state index in [0.717, 1.165) is 23.3 Å². The van der Waals surface area contributed by atoms with E-state index >= 15 is 0 Å². The minimum Gasteiger partial charge on any atom is -0.373 e. The average molecular weight is 342 g/mol. The summed E-state index contributed by atoms with van der Waals surface area (Å²) in [7, 11) is 0. The maximum Gasteiger partial charge on any atom is 0.256 e. The number of hydrogen-bond acceptors (Lipinski definition) is 3. The fourth-order valence-corrected chi connectivity index (χ4v) is 3.26. The SMILES string of the molecule is O=c1[nH]c2c(c3cc(F)c(F)cc13)C(NCc1ccccc1)COC2. The molecule has 6 heteroatoms. The largest absolute Gasteiger partial charge is 0.373 e. The number of halogens is 2. The normalized spacial score (nSPS) is 16.8. The summed E-state index contributed by atoms with van der Waals surface area (Å²) in [5, 5.41) is 3.94. The molecule has 2 heterocycles. The predicted molar refractivity (Wildman–Crippen MR) is 90.2 cm³/mol. The monoisotopic (exact) mass is 342 g/mol. The fourth-order valence-electron chi connectivity index (χ4n) is 3.26. The van der Waals surface area contributed by atoms with Gasteiger partial charge >= 0.3 is 0 Å². The van der Waals surface area contributed by atoms with Gasteiger partial charge in [-0.2, -0.15) is 0 Å². The summed E-state index contributed by atoms with van der Waals surface area (Å²) in [4.78, 5) is 14.9. The third-order valence-electron chi connectivity index (χ3n) is 4.46. The zero-order chi connectivity index (χ0) is 17.4. The van der Waals surface area contributed by atoms with Crippen molar-refractivity contribution in [3.05, 3.63) is 81.3 Å². The number of ether oxygens (including phenoxy) is 1. The Morgan fingerprint density at radius 2 is 1.84 bits per heavy atom. The maximum atomic E-state index is 13.8. The van der Waals surface area contributed by atoms with Crippen molar-refractivity contribution in [3.63, 3.8) is 0 Å². The molecule has 25 heavy (non-hydrogen) atoms. The molecule has 2 N–H and O–H groups in total. The zero-order valence-electron chi connectivity index (χ0n) is 13.3. The summed E-state index contributed by atoms with van der Waals surface area (Å²) in [6, 6.07) is 11.7. The van der Waals surface area contributed by atoms with Crippen LogP contribution in [-0.2, 0) is 17.9 Å². The first-order valence-corrected chi connectivity index (χ1v) is 8.02. The van der Waals surface area contributed by atoms with Crippen LogP contribution in [0.15, 0.2) is 47.3 Å². The molecular weight excluding hydrogens is 326 g/mol. The van der Waals surface area contributed by atoms with Crippen LogP contribution in [0.2, 0.25) is 0 Å². The van der Waals surface area contributed by atoms with Gasteiger partial charge in [0.2, 0.25) is 0 Å². The van der Waals surface area contributed by atoms with Gasteiger partial charge in [0, 0.05) is 17.8 Å². The van der Waals surface area contributed by atoms with Gasteiger partial charge in [-0.05, 0) is 23.1 Å². The Labute approximate surface area is 142 Å². The highest BCUT2D eigenvalue weighted by atomic mass is 19.2. The van der Waals surface area contributed by atoms with Gasteiger partial charge in [0.1, 0.15) is 0 Å². The molecule has 1 atom stereocenters. The van der Waals surface area contributed by atoms with Crippen LogP contribution in [0.4, 0.5) is 8.78 Å². The van der Waals surface area contributed by atoms with E-state index in [9.17, 15) is 13.6 Å². The molecule has 0 saturated heterocycles. The molecule has 0 saturated carbocycles. The molecule has 1 aliphatic rings. The lowest BCUT2D eigenvalue weighted by atomic mass is 9.96. The van der Waals surface area contributed by atoms with Crippen molar-refractivity contribution in [2.75, 3.05) is 6.61 Å². The molecule has 4 nitrogen and oxygen atoms in total. The van der Waals surface area contributed by atoms with Crippen LogP contribution < -0.4 is 10.9 Å². The molecule has 0 amide bonds. The number of rotatable bonds is 3. The van der Waals surface area contributed by atoms with Gasteiger partial charge < -0.3 is 15.0 Å². The molecule has 0 spiro atoms. The molecule has 4 rings (SSSR count). The summed E-state index contributed by atoms with van der Waals surface area (Å²) in [5.41, 5.74) is 2.01. The molecule has 2 aromatic carbocycles. The molecule has 0 bridgehead atoms. The van der Waals surface area contributed by atoms with E-state index < -0.39 is 17.2 Å². The smallest absolute Gasteiger partial charge is 0.256 e. The van der Waals surface area contributed by atoms with Crippen molar-refractivity contribution in [1.29, 1.82) is 0 Å². The van der Waals surface area contributed by atoms with Gasteiger partial charge in [-0.25, -0.2) is 8.78 Å². The Kier molecular flexibility index (Phi) is 4.07. The standard InChI is InChI=1S/C19H16F2N2O2/c20-14-6-12-13(7-15(14)21)19(24)23-17-10-25-9-16(18(12)17)22-8-11-4-2-1-3-5-11/h1-7,16,22H,8-10H2,(H,23,24). The number of hydrogen-bond donors (Lipinski definition) is 2. The van der Waals surface area contributed by atoms with Gasteiger partial charge in [-0.3, -0.25) is 4.79 Å².